The van der Waals surface area contributed by atoms with Crippen LogP contribution in [0.4, 0.5) is 0 Å². The Morgan fingerprint density at radius 1 is 0.526 bits per heavy atom. The van der Waals surface area contributed by atoms with Gasteiger partial charge < -0.3 is 24.6 Å². The molecule has 340 valence electrons. The van der Waals surface area contributed by atoms with E-state index < -0.39 is 33.2 Å². The number of aliphatic hydroxyl groups is 2. The summed E-state index contributed by atoms with van der Waals surface area (Å²) in [5, 5.41) is 18.4. The third kappa shape index (κ3) is 44.6. The normalized spacial score (nSPS) is 14.0. The molecule has 3 N–H and O–H groups in total. The first-order valence-electron chi connectivity index (χ1n) is 24.2. The zero-order chi connectivity index (χ0) is 41.8. The molecule has 0 rings (SSSR count). The molecule has 9 nitrogen and oxygen atoms in total. The summed E-state index contributed by atoms with van der Waals surface area (Å²) in [5.74, 6) is -0.377. The summed E-state index contributed by atoms with van der Waals surface area (Å²) in [5.41, 5.74) is 0. The van der Waals surface area contributed by atoms with E-state index in [1.807, 2.05) is 0 Å². The van der Waals surface area contributed by atoms with Crippen LogP contribution < -0.4 is 0 Å². The lowest BCUT2D eigenvalue weighted by atomic mass is 10.0. The topological polar surface area (TPSA) is 132 Å². The second-order valence-corrected chi connectivity index (χ2v) is 17.9. The van der Waals surface area contributed by atoms with Crippen molar-refractivity contribution < 1.29 is 43.0 Å². The van der Waals surface area contributed by atoms with Gasteiger partial charge in [0.2, 0.25) is 0 Å². The van der Waals surface area contributed by atoms with Crippen molar-refractivity contribution >= 4 is 13.8 Å². The van der Waals surface area contributed by atoms with Crippen LogP contribution in [0.15, 0.2) is 12.2 Å². The highest BCUT2D eigenvalue weighted by Crippen LogP contribution is 2.43. The van der Waals surface area contributed by atoms with Crippen LogP contribution >= 0.6 is 7.82 Å². The summed E-state index contributed by atoms with van der Waals surface area (Å²) in [4.78, 5) is 22.6. The molecule has 0 amide bonds. The fourth-order valence-electron chi connectivity index (χ4n) is 7.00. The standard InChI is InChI=1S/C47H93O9P/c1-3-5-7-9-11-13-15-17-19-21-22-23-24-26-28-30-32-34-36-38-40-53-43-46(44-55-57(51,52)54-42-45(49)41-48)56-47(50)39-37-35-33-31-29-27-25-20-18-16-14-12-10-8-6-4-2/h17,19,45-46,48-49H,3-16,18,20-44H2,1-2H3,(H,51,52)/b19-17-. The van der Waals surface area contributed by atoms with Crippen LogP contribution in [-0.2, 0) is 27.9 Å². The average molecular weight is 833 g/mol. The number of esters is 1. The summed E-state index contributed by atoms with van der Waals surface area (Å²) in [6, 6.07) is 0. The van der Waals surface area contributed by atoms with E-state index in [9.17, 15) is 19.4 Å². The molecule has 3 unspecified atom stereocenters. The van der Waals surface area contributed by atoms with E-state index in [1.54, 1.807) is 0 Å². The Bertz CT molecular complexity index is 902. The maximum Gasteiger partial charge on any atom is 0.472 e. The number of carbonyl (C=O) groups is 1. The van der Waals surface area contributed by atoms with Gasteiger partial charge in [-0.15, -0.1) is 0 Å². The molecule has 0 aromatic heterocycles. The maximum atomic E-state index is 12.6. The second kappa shape index (κ2) is 44.7. The lowest BCUT2D eigenvalue weighted by Gasteiger charge is -2.20. The summed E-state index contributed by atoms with van der Waals surface area (Å²) in [6.45, 7) is 3.57. The van der Waals surface area contributed by atoms with Crippen LogP contribution in [-0.4, -0.2) is 66.3 Å². The fourth-order valence-corrected chi connectivity index (χ4v) is 7.79. The number of ether oxygens (including phenoxy) is 2. The van der Waals surface area contributed by atoms with Gasteiger partial charge in [0, 0.05) is 13.0 Å². The van der Waals surface area contributed by atoms with Gasteiger partial charge in [-0.3, -0.25) is 13.8 Å². The maximum absolute atomic E-state index is 12.6. The lowest BCUT2D eigenvalue weighted by molar-refractivity contribution is -0.154. The summed E-state index contributed by atoms with van der Waals surface area (Å²) < 4.78 is 33.5. The molecule has 0 radical (unpaired) electrons. The number of unbranched alkanes of at least 4 members (excludes halogenated alkanes) is 31. The minimum Gasteiger partial charge on any atom is -0.457 e. The smallest absolute Gasteiger partial charge is 0.457 e. The van der Waals surface area contributed by atoms with Crippen molar-refractivity contribution in [1.29, 1.82) is 0 Å². The van der Waals surface area contributed by atoms with Crippen molar-refractivity contribution in [2.75, 3.05) is 33.0 Å². The third-order valence-corrected chi connectivity index (χ3v) is 11.7. The highest BCUT2D eigenvalue weighted by molar-refractivity contribution is 7.47. The molecule has 0 aromatic rings. The summed E-state index contributed by atoms with van der Waals surface area (Å²) >= 11 is 0. The van der Waals surface area contributed by atoms with Crippen LogP contribution in [0, 0.1) is 0 Å². The van der Waals surface area contributed by atoms with Gasteiger partial charge in [-0.1, -0.05) is 206 Å². The predicted octanol–water partition coefficient (Wildman–Crippen LogP) is 13.7. The molecule has 57 heavy (non-hydrogen) atoms. The zero-order valence-corrected chi connectivity index (χ0v) is 38.2. The van der Waals surface area contributed by atoms with E-state index in [2.05, 4.69) is 26.0 Å². The number of carbonyl (C=O) groups excluding carboxylic acids is 1. The first-order valence-corrected chi connectivity index (χ1v) is 25.7. The van der Waals surface area contributed by atoms with E-state index in [1.165, 1.54) is 180 Å². The van der Waals surface area contributed by atoms with Crippen molar-refractivity contribution in [2.45, 2.75) is 251 Å². The Kier molecular flexibility index (Phi) is 44.1. The van der Waals surface area contributed by atoms with E-state index in [0.29, 0.717) is 6.61 Å². The third-order valence-electron chi connectivity index (χ3n) is 10.7. The lowest BCUT2D eigenvalue weighted by Crippen LogP contribution is -2.29. The molecule has 0 saturated heterocycles. The molecule has 0 saturated carbocycles. The van der Waals surface area contributed by atoms with Crippen molar-refractivity contribution in [1.82, 2.24) is 0 Å². The number of allylic oxidation sites excluding steroid dienone is 2. The minimum atomic E-state index is -4.51. The Morgan fingerprint density at radius 2 is 0.895 bits per heavy atom. The van der Waals surface area contributed by atoms with E-state index in [4.69, 9.17) is 23.6 Å². The number of phosphoric acid groups is 1. The quantitative estimate of drug-likeness (QED) is 0.0237. The molecule has 0 aromatic carbocycles. The summed E-state index contributed by atoms with van der Waals surface area (Å²) in [6.07, 6.45) is 46.0. The largest absolute Gasteiger partial charge is 0.472 e. The van der Waals surface area contributed by atoms with Gasteiger partial charge in [-0.25, -0.2) is 4.57 Å². The molecular formula is C47H93O9P. The van der Waals surface area contributed by atoms with Gasteiger partial charge in [0.25, 0.3) is 0 Å². The van der Waals surface area contributed by atoms with Gasteiger partial charge in [-0.2, -0.15) is 0 Å². The molecule has 0 heterocycles. The predicted molar refractivity (Wildman–Crippen MR) is 238 cm³/mol. The van der Waals surface area contributed by atoms with Gasteiger partial charge in [0.15, 0.2) is 0 Å². The molecule has 3 atom stereocenters. The van der Waals surface area contributed by atoms with Crippen LogP contribution in [0.3, 0.4) is 0 Å². The Labute approximate surface area is 351 Å². The van der Waals surface area contributed by atoms with Gasteiger partial charge in [0.1, 0.15) is 12.2 Å². The minimum absolute atomic E-state index is 0.0544. The Balaban J connectivity index is 4.06. The zero-order valence-electron chi connectivity index (χ0n) is 37.3. The van der Waals surface area contributed by atoms with Crippen LogP contribution in [0.2, 0.25) is 0 Å². The van der Waals surface area contributed by atoms with E-state index in [-0.39, 0.29) is 25.6 Å². The van der Waals surface area contributed by atoms with Crippen molar-refractivity contribution in [2.24, 2.45) is 0 Å². The number of hydrogen-bond acceptors (Lipinski definition) is 8. The molecule has 10 heteroatoms. The van der Waals surface area contributed by atoms with Crippen molar-refractivity contribution in [3.05, 3.63) is 12.2 Å². The van der Waals surface area contributed by atoms with Crippen molar-refractivity contribution in [3.63, 3.8) is 0 Å². The second-order valence-electron chi connectivity index (χ2n) is 16.5. The average Bonchev–Trinajstić information content (AvgIpc) is 3.20. The number of phosphoric ester groups is 1. The molecule has 0 fully saturated rings. The fraction of sp³-hybridized carbons (Fsp3) is 0.936. The summed E-state index contributed by atoms with van der Waals surface area (Å²) in [7, 11) is -4.51. The van der Waals surface area contributed by atoms with Crippen LogP contribution in [0.5, 0.6) is 0 Å². The molecule has 0 aliphatic rings. The van der Waals surface area contributed by atoms with Gasteiger partial charge in [-0.05, 0) is 38.5 Å². The Hall–Kier alpha value is -0.800. The molecule has 0 aliphatic heterocycles. The van der Waals surface area contributed by atoms with Crippen LogP contribution in [0.1, 0.15) is 239 Å². The first kappa shape index (κ1) is 56.2. The van der Waals surface area contributed by atoms with Crippen LogP contribution in [0.25, 0.3) is 0 Å². The number of hydrogen-bond donors (Lipinski definition) is 3. The Morgan fingerprint density at radius 3 is 1.32 bits per heavy atom. The molecule has 0 aliphatic carbocycles. The highest BCUT2D eigenvalue weighted by Gasteiger charge is 2.26. The van der Waals surface area contributed by atoms with Crippen molar-refractivity contribution in [3.8, 4) is 0 Å². The first-order chi connectivity index (χ1) is 27.8. The molecular weight excluding hydrogens is 739 g/mol. The van der Waals surface area contributed by atoms with Gasteiger partial charge in [0.05, 0.1) is 26.4 Å². The van der Waals surface area contributed by atoms with Gasteiger partial charge >= 0.3 is 13.8 Å². The number of rotatable bonds is 47. The SMILES string of the molecule is CCCCCCCC/C=C\CCCCCCCCCCCCOCC(COP(=O)(O)OCC(O)CO)OC(=O)CCCCCCCCCCCCCCCCCC. The number of aliphatic hydroxyl groups excluding tert-OH is 2. The van der Waals surface area contributed by atoms with E-state index >= 15 is 0 Å². The van der Waals surface area contributed by atoms with E-state index in [0.717, 1.165) is 38.5 Å². The monoisotopic (exact) mass is 833 g/mol. The molecule has 0 spiro atoms. The highest BCUT2D eigenvalue weighted by atomic mass is 31.2. The molecule has 0 bridgehead atoms.